The van der Waals surface area contributed by atoms with E-state index in [2.05, 4.69) is 5.32 Å². The summed E-state index contributed by atoms with van der Waals surface area (Å²) in [6.07, 6.45) is 1.72. The maximum Gasteiger partial charge on any atom is 0.251 e. The molecule has 1 rings (SSSR count). The number of carbonyl (C=O) groups excluding carboxylic acids is 2. The molecule has 0 aromatic heterocycles. The Morgan fingerprint density at radius 2 is 1.88 bits per heavy atom. The standard InChI is InChI=1S/C12H17N3O2/c13-6-1-2-7-15-12(17)10-5-3-4-9(8-10)11(14)16/h3-5,8H,1-2,6-7,13H2,(H2,14,16)(H,15,17). The quantitative estimate of drug-likeness (QED) is 0.616. The van der Waals surface area contributed by atoms with Gasteiger partial charge in [0.15, 0.2) is 0 Å². The van der Waals surface area contributed by atoms with E-state index in [1.165, 1.54) is 6.07 Å². The molecular weight excluding hydrogens is 218 g/mol. The first-order valence-corrected chi connectivity index (χ1v) is 5.53. The van der Waals surface area contributed by atoms with Crippen LogP contribution in [-0.2, 0) is 0 Å². The molecule has 5 N–H and O–H groups in total. The lowest BCUT2D eigenvalue weighted by Crippen LogP contribution is -2.25. The van der Waals surface area contributed by atoms with Gasteiger partial charge in [0.05, 0.1) is 0 Å². The number of benzene rings is 1. The second kappa shape index (κ2) is 6.65. The van der Waals surface area contributed by atoms with Crippen LogP contribution in [0.5, 0.6) is 0 Å². The van der Waals surface area contributed by atoms with E-state index in [0.717, 1.165) is 12.8 Å². The van der Waals surface area contributed by atoms with Crippen molar-refractivity contribution in [2.45, 2.75) is 12.8 Å². The Bertz CT molecular complexity index is 404. The number of primary amides is 1. The van der Waals surface area contributed by atoms with E-state index in [1.807, 2.05) is 0 Å². The van der Waals surface area contributed by atoms with Crippen molar-refractivity contribution in [2.75, 3.05) is 13.1 Å². The molecule has 5 heteroatoms. The van der Waals surface area contributed by atoms with Crippen LogP contribution < -0.4 is 16.8 Å². The molecule has 5 nitrogen and oxygen atoms in total. The number of carbonyl (C=O) groups is 2. The van der Waals surface area contributed by atoms with Crippen LogP contribution in [0.1, 0.15) is 33.6 Å². The molecule has 0 bridgehead atoms. The summed E-state index contributed by atoms with van der Waals surface area (Å²) in [4.78, 5) is 22.6. The Labute approximate surface area is 100 Å². The highest BCUT2D eigenvalue weighted by Crippen LogP contribution is 2.04. The minimum absolute atomic E-state index is 0.204. The van der Waals surface area contributed by atoms with Crippen molar-refractivity contribution >= 4 is 11.8 Å². The molecule has 0 atom stereocenters. The number of unbranched alkanes of at least 4 members (excludes halogenated alkanes) is 1. The number of amides is 2. The first-order chi connectivity index (χ1) is 8.15. The zero-order chi connectivity index (χ0) is 12.7. The van der Waals surface area contributed by atoms with Crippen molar-refractivity contribution in [1.82, 2.24) is 5.32 Å². The van der Waals surface area contributed by atoms with Crippen molar-refractivity contribution in [3.8, 4) is 0 Å². The van der Waals surface area contributed by atoms with Crippen molar-refractivity contribution in [1.29, 1.82) is 0 Å². The Kier molecular flexibility index (Phi) is 5.16. The average Bonchev–Trinajstić information content (AvgIpc) is 2.34. The van der Waals surface area contributed by atoms with Crippen LogP contribution in [0, 0.1) is 0 Å². The zero-order valence-corrected chi connectivity index (χ0v) is 9.61. The van der Waals surface area contributed by atoms with Gasteiger partial charge in [0.1, 0.15) is 0 Å². The maximum atomic E-state index is 11.7. The van der Waals surface area contributed by atoms with Crippen LogP contribution in [0.3, 0.4) is 0 Å². The van der Waals surface area contributed by atoms with Gasteiger partial charge in [-0.1, -0.05) is 6.07 Å². The summed E-state index contributed by atoms with van der Waals surface area (Å²) in [5.74, 6) is -0.743. The SMILES string of the molecule is NCCCCNC(=O)c1cccc(C(N)=O)c1. The van der Waals surface area contributed by atoms with Gasteiger partial charge in [0.25, 0.3) is 5.91 Å². The molecule has 1 aromatic carbocycles. The van der Waals surface area contributed by atoms with Crippen molar-refractivity contribution in [3.63, 3.8) is 0 Å². The summed E-state index contributed by atoms with van der Waals surface area (Å²) in [6.45, 7) is 1.20. The summed E-state index contributed by atoms with van der Waals surface area (Å²) in [6, 6.07) is 6.34. The molecule has 0 fully saturated rings. The highest BCUT2D eigenvalue weighted by molar-refractivity contribution is 5.99. The predicted octanol–water partition coefficient (Wildman–Crippen LogP) is 0.254. The topological polar surface area (TPSA) is 98.2 Å². The molecule has 92 valence electrons. The second-order valence-electron chi connectivity index (χ2n) is 3.70. The van der Waals surface area contributed by atoms with Gasteiger partial charge >= 0.3 is 0 Å². The monoisotopic (exact) mass is 235 g/mol. The molecule has 0 unspecified atom stereocenters. The van der Waals surface area contributed by atoms with Gasteiger partial charge in [0.2, 0.25) is 5.91 Å². The second-order valence-corrected chi connectivity index (χ2v) is 3.70. The van der Waals surface area contributed by atoms with E-state index >= 15 is 0 Å². The Morgan fingerprint density at radius 1 is 1.18 bits per heavy atom. The van der Waals surface area contributed by atoms with Crippen LogP contribution in [-0.4, -0.2) is 24.9 Å². The van der Waals surface area contributed by atoms with Crippen molar-refractivity contribution < 1.29 is 9.59 Å². The number of nitrogens with two attached hydrogens (primary N) is 2. The van der Waals surface area contributed by atoms with Gasteiger partial charge < -0.3 is 16.8 Å². The van der Waals surface area contributed by atoms with Crippen LogP contribution >= 0.6 is 0 Å². The molecular formula is C12H17N3O2. The third-order valence-corrected chi connectivity index (χ3v) is 2.33. The number of rotatable bonds is 6. The summed E-state index contributed by atoms with van der Waals surface area (Å²) >= 11 is 0. The third kappa shape index (κ3) is 4.24. The van der Waals surface area contributed by atoms with Crippen LogP contribution in [0.2, 0.25) is 0 Å². The molecule has 0 spiro atoms. The normalized spacial score (nSPS) is 9.94. The molecule has 17 heavy (non-hydrogen) atoms. The molecule has 0 radical (unpaired) electrons. The summed E-state index contributed by atoms with van der Waals surface area (Å²) in [7, 11) is 0. The molecule has 0 saturated carbocycles. The van der Waals surface area contributed by atoms with E-state index in [0.29, 0.717) is 24.2 Å². The Morgan fingerprint density at radius 3 is 2.53 bits per heavy atom. The van der Waals surface area contributed by atoms with Crippen LogP contribution in [0.25, 0.3) is 0 Å². The largest absolute Gasteiger partial charge is 0.366 e. The third-order valence-electron chi connectivity index (χ3n) is 2.33. The maximum absolute atomic E-state index is 11.7. The van der Waals surface area contributed by atoms with E-state index in [1.54, 1.807) is 18.2 Å². The smallest absolute Gasteiger partial charge is 0.251 e. The Hall–Kier alpha value is -1.88. The number of hydrogen-bond acceptors (Lipinski definition) is 3. The van der Waals surface area contributed by atoms with Gasteiger partial charge in [-0.15, -0.1) is 0 Å². The summed E-state index contributed by atoms with van der Waals surface area (Å²) in [5, 5.41) is 2.75. The zero-order valence-electron chi connectivity index (χ0n) is 9.61. The minimum Gasteiger partial charge on any atom is -0.366 e. The molecule has 0 aliphatic heterocycles. The van der Waals surface area contributed by atoms with Crippen LogP contribution in [0.15, 0.2) is 24.3 Å². The molecule has 2 amide bonds. The van der Waals surface area contributed by atoms with Crippen molar-refractivity contribution in [2.24, 2.45) is 11.5 Å². The van der Waals surface area contributed by atoms with E-state index in [-0.39, 0.29) is 5.91 Å². The highest BCUT2D eigenvalue weighted by Gasteiger charge is 2.07. The minimum atomic E-state index is -0.539. The summed E-state index contributed by atoms with van der Waals surface area (Å²) in [5.41, 5.74) is 11.3. The lowest BCUT2D eigenvalue weighted by atomic mass is 10.1. The number of hydrogen-bond donors (Lipinski definition) is 3. The van der Waals surface area contributed by atoms with Gasteiger partial charge in [-0.3, -0.25) is 9.59 Å². The predicted molar refractivity (Wildman–Crippen MR) is 65.6 cm³/mol. The summed E-state index contributed by atoms with van der Waals surface area (Å²) < 4.78 is 0. The fraction of sp³-hybridized carbons (Fsp3) is 0.333. The molecule has 1 aromatic rings. The first-order valence-electron chi connectivity index (χ1n) is 5.53. The molecule has 0 saturated heterocycles. The molecule has 0 aliphatic rings. The van der Waals surface area contributed by atoms with E-state index in [9.17, 15) is 9.59 Å². The van der Waals surface area contributed by atoms with Gasteiger partial charge in [-0.05, 0) is 37.6 Å². The van der Waals surface area contributed by atoms with E-state index < -0.39 is 5.91 Å². The molecule has 0 aliphatic carbocycles. The highest BCUT2D eigenvalue weighted by atomic mass is 16.2. The van der Waals surface area contributed by atoms with Gasteiger partial charge in [-0.2, -0.15) is 0 Å². The average molecular weight is 235 g/mol. The lowest BCUT2D eigenvalue weighted by Gasteiger charge is -2.05. The fourth-order valence-electron chi connectivity index (χ4n) is 1.39. The number of nitrogens with one attached hydrogen (secondary N) is 1. The lowest BCUT2D eigenvalue weighted by molar-refractivity contribution is 0.0953. The van der Waals surface area contributed by atoms with Gasteiger partial charge in [0, 0.05) is 17.7 Å². The first kappa shape index (κ1) is 13.2. The fourth-order valence-corrected chi connectivity index (χ4v) is 1.39. The van der Waals surface area contributed by atoms with E-state index in [4.69, 9.17) is 11.5 Å². The van der Waals surface area contributed by atoms with Gasteiger partial charge in [-0.25, -0.2) is 0 Å². The Balaban J connectivity index is 2.56. The molecule has 0 heterocycles. The van der Waals surface area contributed by atoms with Crippen LogP contribution in [0.4, 0.5) is 0 Å². The van der Waals surface area contributed by atoms with Crippen molar-refractivity contribution in [3.05, 3.63) is 35.4 Å².